The lowest BCUT2D eigenvalue weighted by Crippen LogP contribution is -2.22. The van der Waals surface area contributed by atoms with E-state index in [0.717, 1.165) is 10.4 Å². The molecule has 1 N–H and O–H groups in total. The van der Waals surface area contributed by atoms with Crippen LogP contribution in [0.4, 0.5) is 5.13 Å². The molecule has 118 valence electrons. The Hall–Kier alpha value is -2.32. The van der Waals surface area contributed by atoms with E-state index >= 15 is 0 Å². The number of hydrogen-bond donors (Lipinski definition) is 1. The van der Waals surface area contributed by atoms with Crippen molar-refractivity contribution in [3.63, 3.8) is 0 Å². The van der Waals surface area contributed by atoms with Gasteiger partial charge in [0.15, 0.2) is 5.13 Å². The molecule has 3 rings (SSSR count). The zero-order chi connectivity index (χ0) is 16.6. The third-order valence-electron chi connectivity index (χ3n) is 3.33. The van der Waals surface area contributed by atoms with Crippen LogP contribution in [0.25, 0.3) is 22.4 Å². The molecule has 0 atom stereocenters. The highest BCUT2D eigenvalue weighted by molar-refractivity contribution is 7.16. The quantitative estimate of drug-likeness (QED) is 0.791. The number of thiazole rings is 1. The Balaban J connectivity index is 1.88. The lowest BCUT2D eigenvalue weighted by atomic mass is 10.3. The summed E-state index contributed by atoms with van der Waals surface area (Å²) in [5.74, 6) is 0.415. The highest BCUT2D eigenvalue weighted by atomic mass is 32.1. The third kappa shape index (κ3) is 3.08. The number of thiophene rings is 1. The molecule has 0 fully saturated rings. The van der Waals surface area contributed by atoms with E-state index in [9.17, 15) is 9.59 Å². The predicted molar refractivity (Wildman–Crippen MR) is 95.1 cm³/mol. The van der Waals surface area contributed by atoms with Gasteiger partial charge in [-0.25, -0.2) is 9.97 Å². The van der Waals surface area contributed by atoms with Gasteiger partial charge in [0.25, 0.3) is 5.56 Å². The fourth-order valence-electron chi connectivity index (χ4n) is 1.99. The van der Waals surface area contributed by atoms with Crippen LogP contribution in [0.1, 0.15) is 24.0 Å². The number of anilines is 1. The SMILES string of the molecule is CC(=O)N(C)c1nc(C=Cc2nc3scc(C)c3c(=O)[nH]2)cs1. The number of fused-ring (bicyclic) bond motifs is 1. The van der Waals surface area contributed by atoms with Crippen LogP contribution in [-0.4, -0.2) is 27.9 Å². The Morgan fingerprint density at radius 3 is 2.78 bits per heavy atom. The molecule has 0 aliphatic heterocycles. The largest absolute Gasteiger partial charge is 0.306 e. The summed E-state index contributed by atoms with van der Waals surface area (Å²) in [5, 5.41) is 5.04. The summed E-state index contributed by atoms with van der Waals surface area (Å²) in [6.07, 6.45) is 3.47. The van der Waals surface area contributed by atoms with Gasteiger partial charge in [0.2, 0.25) is 5.91 Å². The monoisotopic (exact) mass is 346 g/mol. The second kappa shape index (κ2) is 6.05. The van der Waals surface area contributed by atoms with E-state index in [0.29, 0.717) is 22.0 Å². The molecule has 0 saturated carbocycles. The van der Waals surface area contributed by atoms with Crippen molar-refractivity contribution in [2.45, 2.75) is 13.8 Å². The van der Waals surface area contributed by atoms with Crippen LogP contribution >= 0.6 is 22.7 Å². The standard InChI is InChI=1S/C15H14N4O2S2/c1-8-6-22-14-12(8)13(21)17-11(18-14)5-4-10-7-23-15(16-10)19(3)9(2)20/h4-7H,1-3H3,(H,17,18,21). The van der Waals surface area contributed by atoms with Gasteiger partial charge in [0, 0.05) is 19.4 Å². The van der Waals surface area contributed by atoms with Gasteiger partial charge < -0.3 is 4.98 Å². The zero-order valence-electron chi connectivity index (χ0n) is 12.8. The van der Waals surface area contributed by atoms with Gasteiger partial charge in [-0.05, 0) is 30.0 Å². The molecular weight excluding hydrogens is 332 g/mol. The van der Waals surface area contributed by atoms with Crippen LogP contribution in [-0.2, 0) is 4.79 Å². The van der Waals surface area contributed by atoms with Gasteiger partial charge >= 0.3 is 0 Å². The van der Waals surface area contributed by atoms with Crippen LogP contribution in [0.15, 0.2) is 15.6 Å². The molecule has 6 nitrogen and oxygen atoms in total. The number of carbonyl (C=O) groups excluding carboxylic acids is 1. The number of rotatable bonds is 3. The molecule has 0 aromatic carbocycles. The number of nitrogens with zero attached hydrogens (tertiary/aromatic N) is 3. The minimum Gasteiger partial charge on any atom is -0.306 e. The fraction of sp³-hybridized carbons (Fsp3) is 0.200. The number of nitrogens with one attached hydrogen (secondary N) is 1. The van der Waals surface area contributed by atoms with E-state index in [1.807, 2.05) is 17.7 Å². The first-order chi connectivity index (χ1) is 11.0. The second-order valence-electron chi connectivity index (χ2n) is 5.02. The lowest BCUT2D eigenvalue weighted by molar-refractivity contribution is -0.116. The van der Waals surface area contributed by atoms with E-state index in [1.54, 1.807) is 19.2 Å². The van der Waals surface area contributed by atoms with Gasteiger partial charge in [-0.15, -0.1) is 22.7 Å². The van der Waals surface area contributed by atoms with Gasteiger partial charge in [-0.1, -0.05) is 0 Å². The summed E-state index contributed by atoms with van der Waals surface area (Å²) in [6.45, 7) is 3.39. The summed E-state index contributed by atoms with van der Waals surface area (Å²) in [5.41, 5.74) is 1.51. The van der Waals surface area contributed by atoms with Crippen molar-refractivity contribution in [2.75, 3.05) is 11.9 Å². The average Bonchev–Trinajstić information content (AvgIpc) is 3.11. The molecule has 0 spiro atoms. The van der Waals surface area contributed by atoms with Crippen LogP contribution in [0, 0.1) is 6.92 Å². The zero-order valence-corrected chi connectivity index (χ0v) is 14.4. The van der Waals surface area contributed by atoms with Crippen molar-refractivity contribution >= 4 is 56.1 Å². The number of amides is 1. The minimum atomic E-state index is -0.135. The van der Waals surface area contributed by atoms with Gasteiger partial charge in [0.1, 0.15) is 10.7 Å². The molecule has 0 aliphatic carbocycles. The number of aryl methyl sites for hydroxylation is 1. The minimum absolute atomic E-state index is 0.0700. The predicted octanol–water partition coefficient (Wildman–Crippen LogP) is 2.90. The van der Waals surface area contributed by atoms with Crippen molar-refractivity contribution in [3.05, 3.63) is 38.2 Å². The Bertz CT molecular complexity index is 967. The topological polar surface area (TPSA) is 79.0 Å². The normalized spacial score (nSPS) is 11.4. The number of aromatic amines is 1. The number of carbonyl (C=O) groups is 1. The van der Waals surface area contributed by atoms with Crippen LogP contribution < -0.4 is 10.5 Å². The molecular formula is C15H14N4O2S2. The first-order valence-corrected chi connectivity index (χ1v) is 8.57. The Kier molecular flexibility index (Phi) is 4.10. The smallest absolute Gasteiger partial charge is 0.260 e. The molecule has 0 unspecified atom stereocenters. The molecule has 0 saturated heterocycles. The van der Waals surface area contributed by atoms with Gasteiger partial charge in [-0.2, -0.15) is 0 Å². The molecule has 3 heterocycles. The summed E-state index contributed by atoms with van der Waals surface area (Å²) in [7, 11) is 1.68. The van der Waals surface area contributed by atoms with Gasteiger partial charge in [0.05, 0.1) is 11.1 Å². The Morgan fingerprint density at radius 1 is 1.26 bits per heavy atom. The summed E-state index contributed by atoms with van der Waals surface area (Å²) >= 11 is 2.84. The van der Waals surface area contributed by atoms with E-state index in [4.69, 9.17) is 0 Å². The maximum Gasteiger partial charge on any atom is 0.260 e. The fourth-order valence-corrected chi connectivity index (χ4v) is 3.72. The molecule has 8 heteroatoms. The van der Waals surface area contributed by atoms with Gasteiger partial charge in [-0.3, -0.25) is 14.5 Å². The molecule has 0 radical (unpaired) electrons. The first kappa shape index (κ1) is 15.6. The van der Waals surface area contributed by atoms with E-state index in [-0.39, 0.29) is 11.5 Å². The van der Waals surface area contributed by atoms with Crippen molar-refractivity contribution < 1.29 is 4.79 Å². The van der Waals surface area contributed by atoms with Crippen LogP contribution in [0.3, 0.4) is 0 Å². The summed E-state index contributed by atoms with van der Waals surface area (Å²) in [4.78, 5) is 37.2. The van der Waals surface area contributed by atoms with E-state index in [1.165, 1.54) is 34.5 Å². The second-order valence-corrected chi connectivity index (χ2v) is 6.71. The van der Waals surface area contributed by atoms with Crippen LogP contribution in [0.5, 0.6) is 0 Å². The summed E-state index contributed by atoms with van der Waals surface area (Å²) < 4.78 is 0. The lowest BCUT2D eigenvalue weighted by Gasteiger charge is -2.09. The van der Waals surface area contributed by atoms with E-state index in [2.05, 4.69) is 15.0 Å². The van der Waals surface area contributed by atoms with Crippen molar-refractivity contribution in [2.24, 2.45) is 0 Å². The number of hydrogen-bond acceptors (Lipinski definition) is 6. The number of H-pyrrole nitrogens is 1. The summed E-state index contributed by atoms with van der Waals surface area (Å²) in [6, 6.07) is 0. The Labute approximate surface area is 140 Å². The molecule has 3 aromatic rings. The molecule has 0 aliphatic rings. The highest BCUT2D eigenvalue weighted by Gasteiger charge is 2.10. The average molecular weight is 346 g/mol. The van der Waals surface area contributed by atoms with Crippen molar-refractivity contribution in [1.82, 2.24) is 15.0 Å². The number of aromatic nitrogens is 3. The first-order valence-electron chi connectivity index (χ1n) is 6.81. The molecule has 0 bridgehead atoms. The Morgan fingerprint density at radius 2 is 2.04 bits per heavy atom. The molecule has 3 aromatic heterocycles. The molecule has 1 amide bonds. The highest BCUT2D eigenvalue weighted by Crippen LogP contribution is 2.22. The molecule has 23 heavy (non-hydrogen) atoms. The van der Waals surface area contributed by atoms with Crippen LogP contribution in [0.2, 0.25) is 0 Å². The van der Waals surface area contributed by atoms with Crippen molar-refractivity contribution in [3.8, 4) is 0 Å². The maximum atomic E-state index is 12.1. The van der Waals surface area contributed by atoms with Crippen molar-refractivity contribution in [1.29, 1.82) is 0 Å². The third-order valence-corrected chi connectivity index (χ3v) is 5.25. The maximum absolute atomic E-state index is 12.1. The van der Waals surface area contributed by atoms with E-state index < -0.39 is 0 Å².